The Hall–Kier alpha value is -1.15. The van der Waals surface area contributed by atoms with Crippen LogP contribution in [-0.2, 0) is 10.0 Å². The molecule has 0 bridgehead atoms. The molecule has 1 aliphatic heterocycles. The number of halogens is 1. The van der Waals surface area contributed by atoms with E-state index in [1.54, 1.807) is 17.0 Å². The zero-order chi connectivity index (χ0) is 18.4. The van der Waals surface area contributed by atoms with Gasteiger partial charge in [0.15, 0.2) is 0 Å². The van der Waals surface area contributed by atoms with E-state index in [1.165, 1.54) is 16.4 Å². The van der Waals surface area contributed by atoms with E-state index in [-0.39, 0.29) is 29.3 Å². The number of likely N-dealkylation sites (tertiary alicyclic amines) is 1. The van der Waals surface area contributed by atoms with Gasteiger partial charge in [-0.3, -0.25) is 4.79 Å². The fourth-order valence-corrected chi connectivity index (χ4v) is 4.91. The van der Waals surface area contributed by atoms with Crippen molar-refractivity contribution in [3.05, 3.63) is 29.8 Å². The molecular weight excluding hydrogens is 374 g/mol. The Labute approximate surface area is 163 Å². The summed E-state index contributed by atoms with van der Waals surface area (Å²) in [6.45, 7) is 6.10. The predicted molar refractivity (Wildman–Crippen MR) is 106 cm³/mol. The molecule has 0 spiro atoms. The second kappa shape index (κ2) is 10.3. The summed E-state index contributed by atoms with van der Waals surface area (Å²) in [7, 11) is -3.51. The third-order valence-corrected chi connectivity index (χ3v) is 6.51. The normalized spacial score (nSPS) is 17.4. The van der Waals surface area contributed by atoms with Crippen LogP contribution in [0.5, 0.6) is 0 Å². The van der Waals surface area contributed by atoms with Crippen molar-refractivity contribution in [1.29, 1.82) is 0 Å². The molecule has 26 heavy (non-hydrogen) atoms. The Bertz CT molecular complexity index is 673. The minimum absolute atomic E-state index is 0. The first-order valence-electron chi connectivity index (χ1n) is 9.06. The van der Waals surface area contributed by atoms with E-state index in [0.717, 1.165) is 25.7 Å². The van der Waals surface area contributed by atoms with Crippen molar-refractivity contribution in [2.75, 3.05) is 26.2 Å². The second-order valence-corrected chi connectivity index (χ2v) is 8.40. The number of rotatable bonds is 8. The van der Waals surface area contributed by atoms with E-state index in [2.05, 4.69) is 0 Å². The van der Waals surface area contributed by atoms with Gasteiger partial charge < -0.3 is 10.6 Å². The van der Waals surface area contributed by atoms with Crippen LogP contribution in [-0.4, -0.2) is 55.8 Å². The SMILES string of the molecule is CCCN(CCC)S(=O)(=O)c1ccc(C(=O)N2CCCC2CN)cc1.Cl. The van der Waals surface area contributed by atoms with Crippen molar-refractivity contribution >= 4 is 28.3 Å². The van der Waals surface area contributed by atoms with Gasteiger partial charge in [0.05, 0.1) is 4.90 Å². The molecule has 1 amide bonds. The summed E-state index contributed by atoms with van der Waals surface area (Å²) in [4.78, 5) is 14.7. The Morgan fingerprint density at radius 2 is 1.77 bits per heavy atom. The van der Waals surface area contributed by atoms with Crippen LogP contribution < -0.4 is 5.73 Å². The molecule has 0 radical (unpaired) electrons. The highest BCUT2D eigenvalue weighted by molar-refractivity contribution is 7.89. The van der Waals surface area contributed by atoms with Gasteiger partial charge in [0.2, 0.25) is 10.0 Å². The van der Waals surface area contributed by atoms with Crippen LogP contribution in [0.2, 0.25) is 0 Å². The molecule has 1 aliphatic rings. The van der Waals surface area contributed by atoms with Crippen molar-refractivity contribution in [3.8, 4) is 0 Å². The van der Waals surface area contributed by atoms with Gasteiger partial charge in [-0.2, -0.15) is 4.31 Å². The zero-order valence-electron chi connectivity index (χ0n) is 15.6. The van der Waals surface area contributed by atoms with Gasteiger partial charge >= 0.3 is 0 Å². The quantitative estimate of drug-likeness (QED) is 0.722. The number of hydrogen-bond acceptors (Lipinski definition) is 4. The van der Waals surface area contributed by atoms with Crippen molar-refractivity contribution in [2.45, 2.75) is 50.5 Å². The number of nitrogens with two attached hydrogens (primary N) is 1. The maximum atomic E-state index is 12.8. The number of carbonyl (C=O) groups is 1. The van der Waals surface area contributed by atoms with Gasteiger partial charge in [-0.05, 0) is 49.9 Å². The third-order valence-electron chi connectivity index (χ3n) is 4.60. The molecular formula is C18H30ClN3O3S. The number of hydrogen-bond donors (Lipinski definition) is 1. The predicted octanol–water partition coefficient (Wildman–Crippen LogP) is 2.48. The number of nitrogens with zero attached hydrogens (tertiary/aromatic N) is 2. The number of benzene rings is 1. The molecule has 0 saturated carbocycles. The van der Waals surface area contributed by atoms with Gasteiger partial charge in [-0.15, -0.1) is 12.4 Å². The molecule has 2 N–H and O–H groups in total. The van der Waals surface area contributed by atoms with Gasteiger partial charge in [-0.1, -0.05) is 13.8 Å². The van der Waals surface area contributed by atoms with Crippen LogP contribution in [0.25, 0.3) is 0 Å². The minimum Gasteiger partial charge on any atom is -0.334 e. The van der Waals surface area contributed by atoms with E-state index < -0.39 is 10.0 Å². The van der Waals surface area contributed by atoms with E-state index in [1.807, 2.05) is 13.8 Å². The largest absolute Gasteiger partial charge is 0.334 e. The molecule has 0 aliphatic carbocycles. The van der Waals surface area contributed by atoms with Gasteiger partial charge in [-0.25, -0.2) is 8.42 Å². The average Bonchev–Trinajstić information content (AvgIpc) is 3.09. The molecule has 1 fully saturated rings. The standard InChI is InChI=1S/C18H29N3O3S.ClH/c1-3-11-20(12-4-2)25(23,24)17-9-7-15(8-10-17)18(22)21-13-5-6-16(21)14-19;/h7-10,16H,3-6,11-14,19H2,1-2H3;1H. The monoisotopic (exact) mass is 403 g/mol. The van der Waals surface area contributed by atoms with Crippen molar-refractivity contribution < 1.29 is 13.2 Å². The molecule has 2 rings (SSSR count). The van der Waals surface area contributed by atoms with Crippen LogP contribution >= 0.6 is 12.4 Å². The highest BCUT2D eigenvalue weighted by Gasteiger charge is 2.29. The molecule has 8 heteroatoms. The molecule has 1 unspecified atom stereocenters. The van der Waals surface area contributed by atoms with Gasteiger partial charge in [0.25, 0.3) is 5.91 Å². The smallest absolute Gasteiger partial charge is 0.254 e. The summed E-state index contributed by atoms with van der Waals surface area (Å²) in [6.07, 6.45) is 3.43. The first kappa shape index (κ1) is 22.9. The Kier molecular flexibility index (Phi) is 9.03. The molecule has 0 aromatic heterocycles. The van der Waals surface area contributed by atoms with E-state index >= 15 is 0 Å². The summed E-state index contributed by atoms with van der Waals surface area (Å²) in [5.74, 6) is -0.0733. The van der Waals surface area contributed by atoms with Crippen molar-refractivity contribution in [2.24, 2.45) is 5.73 Å². The molecule has 1 heterocycles. The van der Waals surface area contributed by atoms with Crippen LogP contribution in [0.4, 0.5) is 0 Å². The van der Waals surface area contributed by atoms with Crippen LogP contribution in [0.15, 0.2) is 29.2 Å². The van der Waals surface area contributed by atoms with E-state index in [9.17, 15) is 13.2 Å². The second-order valence-electron chi connectivity index (χ2n) is 6.46. The van der Waals surface area contributed by atoms with E-state index in [4.69, 9.17) is 5.73 Å². The summed E-state index contributed by atoms with van der Waals surface area (Å²) in [5, 5.41) is 0. The Morgan fingerprint density at radius 3 is 2.27 bits per heavy atom. The topological polar surface area (TPSA) is 83.7 Å². The fraction of sp³-hybridized carbons (Fsp3) is 0.611. The number of carbonyl (C=O) groups excluding carboxylic acids is 1. The highest BCUT2D eigenvalue weighted by Crippen LogP contribution is 2.21. The van der Waals surface area contributed by atoms with Gasteiger partial charge in [0, 0.05) is 37.8 Å². The summed E-state index contributed by atoms with van der Waals surface area (Å²) in [6, 6.07) is 6.37. The van der Waals surface area contributed by atoms with Crippen molar-refractivity contribution in [1.82, 2.24) is 9.21 Å². The number of sulfonamides is 1. The molecule has 1 aromatic carbocycles. The molecule has 1 aromatic rings. The van der Waals surface area contributed by atoms with Crippen LogP contribution in [0, 0.1) is 0 Å². The summed E-state index contributed by atoms with van der Waals surface area (Å²) >= 11 is 0. The lowest BCUT2D eigenvalue weighted by Crippen LogP contribution is -2.39. The maximum Gasteiger partial charge on any atom is 0.254 e. The molecule has 6 nitrogen and oxygen atoms in total. The van der Waals surface area contributed by atoms with Crippen LogP contribution in [0.1, 0.15) is 49.9 Å². The third kappa shape index (κ3) is 4.97. The minimum atomic E-state index is -3.51. The van der Waals surface area contributed by atoms with Gasteiger partial charge in [0.1, 0.15) is 0 Å². The molecule has 1 saturated heterocycles. The fourth-order valence-electron chi connectivity index (χ4n) is 3.28. The first-order valence-corrected chi connectivity index (χ1v) is 10.5. The number of amides is 1. The van der Waals surface area contributed by atoms with E-state index in [0.29, 0.717) is 31.7 Å². The summed E-state index contributed by atoms with van der Waals surface area (Å²) in [5.41, 5.74) is 6.24. The molecule has 148 valence electrons. The Balaban J connectivity index is 0.00000338. The average molecular weight is 404 g/mol. The Morgan fingerprint density at radius 1 is 1.19 bits per heavy atom. The zero-order valence-corrected chi connectivity index (χ0v) is 17.2. The van der Waals surface area contributed by atoms with Crippen molar-refractivity contribution in [3.63, 3.8) is 0 Å². The molecule has 1 atom stereocenters. The summed E-state index contributed by atoms with van der Waals surface area (Å²) < 4.78 is 27.0. The lowest BCUT2D eigenvalue weighted by atomic mass is 10.1. The lowest BCUT2D eigenvalue weighted by Gasteiger charge is -2.24. The highest BCUT2D eigenvalue weighted by atomic mass is 35.5. The lowest BCUT2D eigenvalue weighted by molar-refractivity contribution is 0.0741. The maximum absolute atomic E-state index is 12.8. The van der Waals surface area contributed by atoms with Crippen LogP contribution in [0.3, 0.4) is 0 Å². The first-order chi connectivity index (χ1) is 12.0.